The summed E-state index contributed by atoms with van der Waals surface area (Å²) in [5.74, 6) is 0.0998. The largest absolute Gasteiger partial charge is 0.416 e. The van der Waals surface area contributed by atoms with Gasteiger partial charge in [-0.15, -0.1) is 0 Å². The second kappa shape index (κ2) is 4.44. The molecule has 3 atom stereocenters. The Kier molecular flexibility index (Phi) is 2.82. The molecule has 1 aromatic rings. The third-order valence-electron chi connectivity index (χ3n) is 4.90. The molecule has 3 aliphatic rings. The minimum absolute atomic E-state index is 0.184. The van der Waals surface area contributed by atoms with E-state index >= 15 is 0 Å². The Bertz CT molecular complexity index is 647. The van der Waals surface area contributed by atoms with Gasteiger partial charge in [0, 0.05) is 6.04 Å². The molecule has 116 valence electrons. The molecule has 0 unspecified atom stereocenters. The maximum atomic E-state index is 12.9. The van der Waals surface area contributed by atoms with Crippen LogP contribution in [0, 0.1) is 5.92 Å². The van der Waals surface area contributed by atoms with Crippen molar-refractivity contribution in [3.05, 3.63) is 29.8 Å². The number of nitrogens with zero attached hydrogens (tertiary/aromatic N) is 2. The van der Waals surface area contributed by atoms with Crippen LogP contribution in [-0.4, -0.2) is 28.0 Å². The predicted octanol–water partition coefficient (Wildman–Crippen LogP) is 3.19. The van der Waals surface area contributed by atoms with Gasteiger partial charge in [0.15, 0.2) is 5.11 Å². The molecule has 2 heterocycles. The van der Waals surface area contributed by atoms with Crippen molar-refractivity contribution < 1.29 is 18.0 Å². The molecule has 7 heteroatoms. The van der Waals surface area contributed by atoms with Crippen molar-refractivity contribution in [2.24, 2.45) is 5.92 Å². The van der Waals surface area contributed by atoms with E-state index in [1.165, 1.54) is 17.0 Å². The summed E-state index contributed by atoms with van der Waals surface area (Å²) in [6.07, 6.45) is -1.47. The van der Waals surface area contributed by atoms with Gasteiger partial charge in [0.05, 0.1) is 11.3 Å². The lowest BCUT2D eigenvalue weighted by molar-refractivity contribution is -0.137. The Labute approximate surface area is 130 Å². The fraction of sp³-hybridized carbons (Fsp3) is 0.467. The van der Waals surface area contributed by atoms with Gasteiger partial charge in [-0.25, -0.2) is 0 Å². The molecule has 0 spiro atoms. The van der Waals surface area contributed by atoms with Gasteiger partial charge in [-0.3, -0.25) is 9.69 Å². The first-order valence-corrected chi connectivity index (χ1v) is 7.62. The topological polar surface area (TPSA) is 23.6 Å². The van der Waals surface area contributed by atoms with Crippen LogP contribution in [0.3, 0.4) is 0 Å². The zero-order valence-corrected chi connectivity index (χ0v) is 12.3. The Hall–Kier alpha value is -1.63. The standard InChI is InChI=1S/C15H13F3N2OS/c16-15(17,18)9-2-1-3-10(7-9)20-13(21)12-8-4-5-11(6-8)19(12)14(20)22/h1-3,7-8,11-12H,4-6H2/t8-,11+,12-/m1/s1. The molecule has 0 radical (unpaired) electrons. The van der Waals surface area contributed by atoms with Crippen LogP contribution >= 0.6 is 12.2 Å². The monoisotopic (exact) mass is 326 g/mol. The number of alkyl halides is 3. The average molecular weight is 326 g/mol. The molecule has 22 heavy (non-hydrogen) atoms. The highest BCUT2D eigenvalue weighted by Crippen LogP contribution is 2.47. The summed E-state index contributed by atoms with van der Waals surface area (Å²) >= 11 is 5.39. The van der Waals surface area contributed by atoms with E-state index in [2.05, 4.69) is 0 Å². The zero-order valence-electron chi connectivity index (χ0n) is 11.5. The van der Waals surface area contributed by atoms with Crippen molar-refractivity contribution in [2.45, 2.75) is 37.5 Å². The van der Waals surface area contributed by atoms with Crippen LogP contribution in [-0.2, 0) is 11.0 Å². The number of benzene rings is 1. The molecule has 3 nitrogen and oxygen atoms in total. The number of rotatable bonds is 1. The quantitative estimate of drug-likeness (QED) is 0.741. The van der Waals surface area contributed by atoms with E-state index < -0.39 is 11.7 Å². The van der Waals surface area contributed by atoms with E-state index in [0.29, 0.717) is 5.11 Å². The van der Waals surface area contributed by atoms with Crippen molar-refractivity contribution in [2.75, 3.05) is 4.90 Å². The number of halogens is 3. The molecule has 1 saturated carbocycles. The molecule has 0 N–H and O–H groups in total. The van der Waals surface area contributed by atoms with Gasteiger partial charge >= 0.3 is 6.18 Å². The van der Waals surface area contributed by atoms with Gasteiger partial charge in [-0.05, 0) is 55.6 Å². The SMILES string of the molecule is O=C1[C@H]2[C@@H]3CC[C@@H](C3)N2C(=S)N1c1cccc(C(F)(F)F)c1. The summed E-state index contributed by atoms with van der Waals surface area (Å²) in [6, 6.07) is 4.80. The highest BCUT2D eigenvalue weighted by Gasteiger charge is 2.57. The first-order valence-electron chi connectivity index (χ1n) is 7.21. The number of hydrogen-bond acceptors (Lipinski definition) is 2. The van der Waals surface area contributed by atoms with Gasteiger partial charge in [-0.2, -0.15) is 13.2 Å². The Morgan fingerprint density at radius 1 is 1.23 bits per heavy atom. The van der Waals surface area contributed by atoms with Crippen molar-refractivity contribution in [3.8, 4) is 0 Å². The van der Waals surface area contributed by atoms with E-state index in [4.69, 9.17) is 12.2 Å². The van der Waals surface area contributed by atoms with Crippen molar-refractivity contribution in [3.63, 3.8) is 0 Å². The maximum absolute atomic E-state index is 12.9. The van der Waals surface area contributed by atoms with Crippen molar-refractivity contribution >= 4 is 28.9 Å². The van der Waals surface area contributed by atoms with Gasteiger partial charge < -0.3 is 4.90 Å². The van der Waals surface area contributed by atoms with Crippen molar-refractivity contribution in [1.29, 1.82) is 0 Å². The number of thiocarbonyl (C=S) groups is 1. The smallest absolute Gasteiger partial charge is 0.333 e. The van der Waals surface area contributed by atoms with Crippen LogP contribution in [0.2, 0.25) is 0 Å². The molecule has 3 fully saturated rings. The number of piperidine rings is 1. The number of amides is 1. The van der Waals surface area contributed by atoms with E-state index in [1.807, 2.05) is 4.90 Å². The molecule has 1 aromatic carbocycles. The van der Waals surface area contributed by atoms with E-state index in [9.17, 15) is 18.0 Å². The Morgan fingerprint density at radius 3 is 2.68 bits per heavy atom. The molecular formula is C15H13F3N2OS. The normalized spacial score (nSPS) is 30.4. The molecule has 0 aromatic heterocycles. The fourth-order valence-electron chi connectivity index (χ4n) is 3.98. The number of anilines is 1. The zero-order chi connectivity index (χ0) is 15.6. The van der Waals surface area contributed by atoms with Crippen LogP contribution in [0.15, 0.2) is 24.3 Å². The lowest BCUT2D eigenvalue weighted by Gasteiger charge is -2.28. The highest BCUT2D eigenvalue weighted by atomic mass is 32.1. The van der Waals surface area contributed by atoms with E-state index in [1.54, 1.807) is 0 Å². The molecule has 1 amide bonds. The van der Waals surface area contributed by atoms with Gasteiger partial charge in [0.25, 0.3) is 5.91 Å². The van der Waals surface area contributed by atoms with Gasteiger partial charge in [-0.1, -0.05) is 6.07 Å². The summed E-state index contributed by atoms with van der Waals surface area (Å²) in [4.78, 5) is 15.9. The molecular weight excluding hydrogens is 313 g/mol. The second-order valence-electron chi connectivity index (χ2n) is 6.08. The molecule has 2 saturated heterocycles. The number of carbonyl (C=O) groups excluding carboxylic acids is 1. The van der Waals surface area contributed by atoms with Crippen molar-refractivity contribution in [1.82, 2.24) is 4.90 Å². The highest BCUT2D eigenvalue weighted by molar-refractivity contribution is 7.80. The first kappa shape index (κ1) is 14.0. The predicted molar refractivity (Wildman–Crippen MR) is 78.3 cm³/mol. The Balaban J connectivity index is 1.72. The summed E-state index contributed by atoms with van der Waals surface area (Å²) in [5.41, 5.74) is -0.561. The maximum Gasteiger partial charge on any atom is 0.416 e. The van der Waals surface area contributed by atoms with Crippen LogP contribution in [0.1, 0.15) is 24.8 Å². The van der Waals surface area contributed by atoms with Crippen LogP contribution in [0.4, 0.5) is 18.9 Å². The lowest BCUT2D eigenvalue weighted by atomic mass is 9.99. The van der Waals surface area contributed by atoms with Gasteiger partial charge in [0.2, 0.25) is 0 Å². The van der Waals surface area contributed by atoms with Crippen LogP contribution in [0.5, 0.6) is 0 Å². The van der Waals surface area contributed by atoms with Crippen LogP contribution < -0.4 is 4.90 Å². The van der Waals surface area contributed by atoms with E-state index in [0.717, 1.165) is 31.4 Å². The third kappa shape index (κ3) is 1.81. The molecule has 1 aliphatic carbocycles. The summed E-state index contributed by atoms with van der Waals surface area (Å²) in [6.45, 7) is 0. The number of carbonyl (C=O) groups is 1. The third-order valence-corrected chi connectivity index (χ3v) is 5.30. The van der Waals surface area contributed by atoms with E-state index in [-0.39, 0.29) is 29.6 Å². The average Bonchev–Trinajstić information content (AvgIpc) is 3.12. The Morgan fingerprint density at radius 2 is 2.00 bits per heavy atom. The second-order valence-corrected chi connectivity index (χ2v) is 6.45. The first-order chi connectivity index (χ1) is 10.4. The molecule has 2 aliphatic heterocycles. The van der Waals surface area contributed by atoms with Crippen LogP contribution in [0.25, 0.3) is 0 Å². The lowest BCUT2D eigenvalue weighted by Crippen LogP contribution is -2.40. The summed E-state index contributed by atoms with van der Waals surface area (Å²) in [7, 11) is 0. The summed E-state index contributed by atoms with van der Waals surface area (Å²) in [5, 5.41) is 0.349. The fourth-order valence-corrected chi connectivity index (χ4v) is 4.44. The minimum atomic E-state index is -4.43. The number of fused-ring (bicyclic) bond motifs is 5. The summed E-state index contributed by atoms with van der Waals surface area (Å²) < 4.78 is 38.6. The minimum Gasteiger partial charge on any atom is -0.333 e. The molecule has 4 rings (SSSR count). The number of hydrogen-bond donors (Lipinski definition) is 0. The van der Waals surface area contributed by atoms with Gasteiger partial charge in [0.1, 0.15) is 6.04 Å². The molecule has 2 bridgehead atoms.